The van der Waals surface area contributed by atoms with Crippen LogP contribution in [0.2, 0.25) is 0 Å². The third-order valence-corrected chi connectivity index (χ3v) is 4.56. The van der Waals surface area contributed by atoms with Gasteiger partial charge in [0.05, 0.1) is 19.8 Å². The summed E-state index contributed by atoms with van der Waals surface area (Å²) < 4.78 is 10.7. The first-order valence-electron chi connectivity index (χ1n) is 10.1. The van der Waals surface area contributed by atoms with Gasteiger partial charge in [0.15, 0.2) is 5.96 Å². The van der Waals surface area contributed by atoms with Crippen molar-refractivity contribution in [3.63, 3.8) is 0 Å². The number of ether oxygens (including phenoxy) is 2. The highest BCUT2D eigenvalue weighted by Gasteiger charge is 2.19. The molecule has 1 aromatic heterocycles. The summed E-state index contributed by atoms with van der Waals surface area (Å²) in [5.41, 5.74) is 1.07. The number of hydrogen-bond donors (Lipinski definition) is 2. The van der Waals surface area contributed by atoms with Crippen molar-refractivity contribution in [1.29, 1.82) is 0 Å². The van der Waals surface area contributed by atoms with Gasteiger partial charge in [-0.05, 0) is 31.7 Å². The van der Waals surface area contributed by atoms with Gasteiger partial charge in [0.2, 0.25) is 5.88 Å². The van der Waals surface area contributed by atoms with E-state index in [1.54, 1.807) is 7.11 Å². The van der Waals surface area contributed by atoms with E-state index in [1.165, 1.54) is 0 Å². The van der Waals surface area contributed by atoms with Crippen molar-refractivity contribution in [2.45, 2.75) is 45.7 Å². The minimum atomic E-state index is 0. The fraction of sp³-hybridized carbons (Fsp3) is 0.700. The lowest BCUT2D eigenvalue weighted by Gasteiger charge is -2.32. The van der Waals surface area contributed by atoms with Crippen LogP contribution in [0.5, 0.6) is 5.88 Å². The minimum Gasteiger partial charge on any atom is -0.478 e. The van der Waals surface area contributed by atoms with E-state index in [0.717, 1.165) is 63.6 Å². The Kier molecular flexibility index (Phi) is 13.2. The molecule has 0 spiro atoms. The standard InChI is InChI=1S/C20H35N5O2.HI/c1-4-13-27-19-7-6-17(15-22-19)16-23-20(21-5-2)24-18-8-10-25(11-9-18)12-14-26-3;/h6-7,15,18H,4-5,8-14,16H2,1-3H3,(H2,21,23,24);1H. The first-order chi connectivity index (χ1) is 13.2. The molecule has 2 rings (SSSR count). The van der Waals surface area contributed by atoms with E-state index in [1.807, 2.05) is 18.3 Å². The summed E-state index contributed by atoms with van der Waals surface area (Å²) in [5, 5.41) is 6.92. The largest absolute Gasteiger partial charge is 0.478 e. The van der Waals surface area contributed by atoms with Crippen LogP contribution in [-0.2, 0) is 11.3 Å². The van der Waals surface area contributed by atoms with E-state index in [4.69, 9.17) is 14.5 Å². The predicted octanol–water partition coefficient (Wildman–Crippen LogP) is 2.65. The number of nitrogens with zero attached hydrogens (tertiary/aromatic N) is 3. The summed E-state index contributed by atoms with van der Waals surface area (Å²) in [6.45, 7) is 10.3. The van der Waals surface area contributed by atoms with Gasteiger partial charge in [-0.2, -0.15) is 0 Å². The Hall–Kier alpha value is -1.13. The molecule has 0 unspecified atom stereocenters. The Bertz CT molecular complexity index is 548. The van der Waals surface area contributed by atoms with Crippen LogP contribution in [0.15, 0.2) is 23.3 Å². The molecule has 2 heterocycles. The highest BCUT2D eigenvalue weighted by molar-refractivity contribution is 14.0. The average molecular weight is 505 g/mol. The number of guanidine groups is 1. The van der Waals surface area contributed by atoms with Crippen LogP contribution in [0.3, 0.4) is 0 Å². The summed E-state index contributed by atoms with van der Waals surface area (Å²) >= 11 is 0. The molecule has 0 radical (unpaired) electrons. The van der Waals surface area contributed by atoms with E-state index in [-0.39, 0.29) is 24.0 Å². The zero-order valence-electron chi connectivity index (χ0n) is 17.4. The number of rotatable bonds is 10. The SMILES string of the molecule is CCCOc1ccc(CN=C(NCC)NC2CCN(CCOC)CC2)cn1.I. The quantitative estimate of drug-likeness (QED) is 0.290. The molecule has 2 N–H and O–H groups in total. The molecule has 8 heteroatoms. The second kappa shape index (κ2) is 14.8. The zero-order chi connectivity index (χ0) is 19.3. The van der Waals surface area contributed by atoms with Crippen molar-refractivity contribution in [2.75, 3.05) is 46.5 Å². The highest BCUT2D eigenvalue weighted by Crippen LogP contribution is 2.11. The van der Waals surface area contributed by atoms with Crippen molar-refractivity contribution in [3.8, 4) is 5.88 Å². The normalized spacial score (nSPS) is 15.8. The van der Waals surface area contributed by atoms with Crippen LogP contribution < -0.4 is 15.4 Å². The van der Waals surface area contributed by atoms with Gasteiger partial charge in [-0.1, -0.05) is 13.0 Å². The Morgan fingerprint density at radius 2 is 2.04 bits per heavy atom. The molecule has 0 aliphatic carbocycles. The maximum absolute atomic E-state index is 5.52. The van der Waals surface area contributed by atoms with Gasteiger partial charge in [-0.15, -0.1) is 24.0 Å². The summed E-state index contributed by atoms with van der Waals surface area (Å²) in [4.78, 5) is 11.5. The van der Waals surface area contributed by atoms with Crippen LogP contribution in [0.1, 0.15) is 38.7 Å². The number of pyridine rings is 1. The topological polar surface area (TPSA) is 71.0 Å². The Labute approximate surface area is 186 Å². The lowest BCUT2D eigenvalue weighted by atomic mass is 10.1. The van der Waals surface area contributed by atoms with Crippen LogP contribution in [-0.4, -0.2) is 68.4 Å². The van der Waals surface area contributed by atoms with E-state index >= 15 is 0 Å². The molecule has 1 aliphatic rings. The molecular formula is C20H36IN5O2. The van der Waals surface area contributed by atoms with Crippen molar-refractivity contribution < 1.29 is 9.47 Å². The first-order valence-corrected chi connectivity index (χ1v) is 10.1. The predicted molar refractivity (Wildman–Crippen MR) is 125 cm³/mol. The van der Waals surface area contributed by atoms with E-state index in [2.05, 4.69) is 34.4 Å². The van der Waals surface area contributed by atoms with E-state index in [9.17, 15) is 0 Å². The van der Waals surface area contributed by atoms with Gasteiger partial charge in [0.25, 0.3) is 0 Å². The molecule has 1 aliphatic heterocycles. The molecule has 7 nitrogen and oxygen atoms in total. The number of piperidine rings is 1. The summed E-state index contributed by atoms with van der Waals surface area (Å²) in [6.07, 6.45) is 5.07. The van der Waals surface area contributed by atoms with Gasteiger partial charge < -0.3 is 25.0 Å². The van der Waals surface area contributed by atoms with Crippen LogP contribution >= 0.6 is 24.0 Å². The minimum absolute atomic E-state index is 0. The smallest absolute Gasteiger partial charge is 0.213 e. The second-order valence-corrected chi connectivity index (χ2v) is 6.80. The fourth-order valence-electron chi connectivity index (χ4n) is 3.00. The zero-order valence-corrected chi connectivity index (χ0v) is 19.8. The first kappa shape index (κ1) is 24.9. The molecule has 0 atom stereocenters. The molecule has 1 fully saturated rings. The average Bonchev–Trinajstić information content (AvgIpc) is 2.71. The van der Waals surface area contributed by atoms with Crippen molar-refractivity contribution >= 4 is 29.9 Å². The maximum Gasteiger partial charge on any atom is 0.213 e. The van der Waals surface area contributed by atoms with Crippen LogP contribution in [0.4, 0.5) is 0 Å². The molecule has 0 amide bonds. The third kappa shape index (κ3) is 9.38. The lowest BCUT2D eigenvalue weighted by molar-refractivity contribution is 0.128. The number of halogens is 1. The number of hydrogen-bond acceptors (Lipinski definition) is 5. The van der Waals surface area contributed by atoms with Crippen LogP contribution in [0.25, 0.3) is 0 Å². The van der Waals surface area contributed by atoms with Gasteiger partial charge in [0, 0.05) is 51.6 Å². The number of likely N-dealkylation sites (tertiary alicyclic amines) is 1. The molecule has 1 saturated heterocycles. The van der Waals surface area contributed by atoms with Crippen molar-refractivity contribution in [3.05, 3.63) is 23.9 Å². The maximum atomic E-state index is 5.52. The lowest BCUT2D eigenvalue weighted by Crippen LogP contribution is -2.49. The Morgan fingerprint density at radius 3 is 2.64 bits per heavy atom. The van der Waals surface area contributed by atoms with E-state index < -0.39 is 0 Å². The van der Waals surface area contributed by atoms with Gasteiger partial charge in [-0.25, -0.2) is 9.98 Å². The van der Waals surface area contributed by atoms with E-state index in [0.29, 0.717) is 25.1 Å². The highest BCUT2D eigenvalue weighted by atomic mass is 127. The molecular weight excluding hydrogens is 469 g/mol. The molecule has 28 heavy (non-hydrogen) atoms. The molecule has 0 saturated carbocycles. The Morgan fingerprint density at radius 1 is 1.25 bits per heavy atom. The molecule has 160 valence electrons. The molecule has 0 aromatic carbocycles. The number of aliphatic imine (C=N–C) groups is 1. The second-order valence-electron chi connectivity index (χ2n) is 6.80. The van der Waals surface area contributed by atoms with Crippen molar-refractivity contribution in [2.24, 2.45) is 4.99 Å². The molecule has 0 bridgehead atoms. The third-order valence-electron chi connectivity index (χ3n) is 4.56. The van der Waals surface area contributed by atoms with Crippen molar-refractivity contribution in [1.82, 2.24) is 20.5 Å². The number of nitrogens with one attached hydrogen (secondary N) is 2. The van der Waals surface area contributed by atoms with Crippen LogP contribution in [0, 0.1) is 0 Å². The van der Waals surface area contributed by atoms with Gasteiger partial charge >= 0.3 is 0 Å². The summed E-state index contributed by atoms with van der Waals surface area (Å²) in [7, 11) is 1.76. The number of methoxy groups -OCH3 is 1. The summed E-state index contributed by atoms with van der Waals surface area (Å²) in [6, 6.07) is 4.40. The Balaban J connectivity index is 0.00000392. The summed E-state index contributed by atoms with van der Waals surface area (Å²) in [5.74, 6) is 1.55. The number of aromatic nitrogens is 1. The fourth-order valence-corrected chi connectivity index (χ4v) is 3.00. The van der Waals surface area contributed by atoms with Gasteiger partial charge in [0.1, 0.15) is 0 Å². The molecule has 1 aromatic rings. The van der Waals surface area contributed by atoms with Gasteiger partial charge in [-0.3, -0.25) is 0 Å². The monoisotopic (exact) mass is 505 g/mol.